The lowest BCUT2D eigenvalue weighted by Crippen LogP contribution is -2.43. The number of halogens is 1. The fourth-order valence-corrected chi connectivity index (χ4v) is 3.44. The Morgan fingerprint density at radius 2 is 1.73 bits per heavy atom. The molecule has 0 bridgehead atoms. The Balaban J connectivity index is 2.27. The first kappa shape index (κ1) is 20.3. The van der Waals surface area contributed by atoms with Gasteiger partial charge < -0.3 is 10.0 Å². The first-order valence-electron chi connectivity index (χ1n) is 9.16. The number of nitrogens with zero attached hydrogens (tertiary/aromatic N) is 1. The smallest absolute Gasteiger partial charge is 0.123 e. The SMILES string of the molecule is CC(=Cc1ccc(F)cc1)C(O)(CCc1ccccc1)C(C)CN(C)C. The molecule has 1 N–H and O–H groups in total. The molecule has 2 atom stereocenters. The van der Waals surface area contributed by atoms with Gasteiger partial charge in [0.15, 0.2) is 0 Å². The zero-order valence-corrected chi connectivity index (χ0v) is 16.2. The number of benzene rings is 2. The Hall–Kier alpha value is -1.97. The van der Waals surface area contributed by atoms with Gasteiger partial charge in [0, 0.05) is 12.5 Å². The Morgan fingerprint density at radius 3 is 2.31 bits per heavy atom. The summed E-state index contributed by atoms with van der Waals surface area (Å²) in [6, 6.07) is 16.6. The van der Waals surface area contributed by atoms with Gasteiger partial charge in [0.05, 0.1) is 5.60 Å². The summed E-state index contributed by atoms with van der Waals surface area (Å²) >= 11 is 0. The molecule has 0 heterocycles. The summed E-state index contributed by atoms with van der Waals surface area (Å²) < 4.78 is 13.2. The number of hydrogen-bond donors (Lipinski definition) is 1. The van der Waals surface area contributed by atoms with Crippen molar-refractivity contribution in [1.82, 2.24) is 4.90 Å². The average molecular weight is 355 g/mol. The minimum Gasteiger partial charge on any atom is -0.385 e. The van der Waals surface area contributed by atoms with Gasteiger partial charge in [0.1, 0.15) is 5.82 Å². The molecule has 0 aliphatic carbocycles. The second kappa shape index (κ2) is 9.11. The summed E-state index contributed by atoms with van der Waals surface area (Å²) in [5, 5.41) is 11.6. The molecule has 3 heteroatoms. The summed E-state index contributed by atoms with van der Waals surface area (Å²) in [7, 11) is 4.04. The molecule has 2 rings (SSSR count). The van der Waals surface area contributed by atoms with Crippen molar-refractivity contribution in [1.29, 1.82) is 0 Å². The molecule has 0 saturated heterocycles. The van der Waals surface area contributed by atoms with Crippen molar-refractivity contribution in [2.24, 2.45) is 5.92 Å². The Bertz CT molecular complexity index is 709. The van der Waals surface area contributed by atoms with E-state index in [1.54, 1.807) is 12.1 Å². The molecule has 0 amide bonds. The van der Waals surface area contributed by atoms with Gasteiger partial charge in [-0.15, -0.1) is 0 Å². The minimum absolute atomic E-state index is 0.0675. The van der Waals surface area contributed by atoms with Crippen molar-refractivity contribution < 1.29 is 9.50 Å². The van der Waals surface area contributed by atoms with Gasteiger partial charge in [0.2, 0.25) is 0 Å². The molecule has 0 radical (unpaired) electrons. The average Bonchev–Trinajstić information content (AvgIpc) is 2.61. The third-order valence-corrected chi connectivity index (χ3v) is 5.03. The van der Waals surface area contributed by atoms with Gasteiger partial charge in [-0.2, -0.15) is 0 Å². The van der Waals surface area contributed by atoms with E-state index in [1.165, 1.54) is 17.7 Å². The molecular weight excluding hydrogens is 325 g/mol. The quantitative estimate of drug-likeness (QED) is 0.736. The molecule has 2 aromatic carbocycles. The van der Waals surface area contributed by atoms with Crippen LogP contribution in [0.25, 0.3) is 6.08 Å². The van der Waals surface area contributed by atoms with Crippen LogP contribution in [0.15, 0.2) is 60.2 Å². The molecule has 0 aromatic heterocycles. The van der Waals surface area contributed by atoms with E-state index in [-0.39, 0.29) is 11.7 Å². The molecular formula is C23H30FNO. The van der Waals surface area contributed by atoms with E-state index in [1.807, 2.05) is 45.3 Å². The van der Waals surface area contributed by atoms with Crippen LogP contribution in [-0.4, -0.2) is 36.2 Å². The van der Waals surface area contributed by atoms with Gasteiger partial charge in [0.25, 0.3) is 0 Å². The maximum absolute atomic E-state index is 13.2. The molecule has 0 aliphatic rings. The van der Waals surface area contributed by atoms with Crippen LogP contribution in [0.3, 0.4) is 0 Å². The highest BCUT2D eigenvalue weighted by atomic mass is 19.1. The third kappa shape index (κ3) is 5.52. The fourth-order valence-electron chi connectivity index (χ4n) is 3.44. The van der Waals surface area contributed by atoms with Gasteiger partial charge in [-0.1, -0.05) is 55.5 Å². The monoisotopic (exact) mass is 355 g/mol. The van der Waals surface area contributed by atoms with Crippen LogP contribution in [0.1, 0.15) is 31.4 Å². The van der Waals surface area contributed by atoms with E-state index in [9.17, 15) is 9.50 Å². The van der Waals surface area contributed by atoms with Crippen molar-refractivity contribution in [3.63, 3.8) is 0 Å². The second-order valence-electron chi connectivity index (χ2n) is 7.45. The Kier molecular flexibility index (Phi) is 7.13. The molecule has 140 valence electrons. The molecule has 2 unspecified atom stereocenters. The van der Waals surface area contributed by atoms with Crippen molar-refractivity contribution in [3.8, 4) is 0 Å². The zero-order chi connectivity index (χ0) is 19.2. The van der Waals surface area contributed by atoms with Crippen LogP contribution < -0.4 is 0 Å². The summed E-state index contributed by atoms with van der Waals surface area (Å²) in [6.45, 7) is 4.85. The zero-order valence-electron chi connectivity index (χ0n) is 16.2. The standard InChI is InChI=1S/C23H30FNO/c1-18(16-21-10-12-22(24)13-11-21)23(26,19(2)17-25(3)4)15-14-20-8-6-5-7-9-20/h5-13,16,19,26H,14-15,17H2,1-4H3. The van der Waals surface area contributed by atoms with Crippen LogP contribution in [0.5, 0.6) is 0 Å². The highest BCUT2D eigenvalue weighted by Crippen LogP contribution is 2.33. The van der Waals surface area contributed by atoms with E-state index >= 15 is 0 Å². The highest BCUT2D eigenvalue weighted by Gasteiger charge is 2.35. The van der Waals surface area contributed by atoms with Gasteiger partial charge in [-0.3, -0.25) is 0 Å². The lowest BCUT2D eigenvalue weighted by atomic mass is 9.77. The summed E-state index contributed by atoms with van der Waals surface area (Å²) in [4.78, 5) is 2.10. The third-order valence-electron chi connectivity index (χ3n) is 5.03. The maximum atomic E-state index is 13.2. The van der Waals surface area contributed by atoms with Crippen LogP contribution >= 0.6 is 0 Å². The van der Waals surface area contributed by atoms with Crippen molar-refractivity contribution in [2.45, 2.75) is 32.3 Å². The number of aliphatic hydroxyl groups is 1. The summed E-state index contributed by atoms with van der Waals surface area (Å²) in [5.41, 5.74) is 2.11. The predicted molar refractivity (Wildman–Crippen MR) is 107 cm³/mol. The maximum Gasteiger partial charge on any atom is 0.123 e. The first-order valence-corrected chi connectivity index (χ1v) is 9.16. The largest absolute Gasteiger partial charge is 0.385 e. The van der Waals surface area contributed by atoms with Crippen molar-refractivity contribution >= 4 is 6.08 Å². The number of hydrogen-bond acceptors (Lipinski definition) is 2. The molecule has 2 aromatic rings. The van der Waals surface area contributed by atoms with E-state index < -0.39 is 5.60 Å². The minimum atomic E-state index is -0.922. The molecule has 0 fully saturated rings. The second-order valence-corrected chi connectivity index (χ2v) is 7.45. The van der Waals surface area contributed by atoms with E-state index in [0.29, 0.717) is 6.42 Å². The molecule has 0 aliphatic heterocycles. The highest BCUT2D eigenvalue weighted by molar-refractivity contribution is 5.54. The van der Waals surface area contributed by atoms with E-state index in [2.05, 4.69) is 24.0 Å². The molecule has 0 saturated carbocycles. The molecule has 26 heavy (non-hydrogen) atoms. The fraction of sp³-hybridized carbons (Fsp3) is 0.391. The molecule has 0 spiro atoms. The lowest BCUT2D eigenvalue weighted by molar-refractivity contribution is 0.00732. The lowest BCUT2D eigenvalue weighted by Gasteiger charge is -2.37. The Morgan fingerprint density at radius 1 is 1.12 bits per heavy atom. The van der Waals surface area contributed by atoms with Crippen LogP contribution in [-0.2, 0) is 6.42 Å². The summed E-state index contributed by atoms with van der Waals surface area (Å²) in [5.74, 6) is -0.182. The predicted octanol–water partition coefficient (Wildman–Crippen LogP) is 4.79. The number of rotatable bonds is 8. The van der Waals surface area contributed by atoms with E-state index in [4.69, 9.17) is 0 Å². The van der Waals surface area contributed by atoms with Gasteiger partial charge >= 0.3 is 0 Å². The van der Waals surface area contributed by atoms with Crippen LogP contribution in [0.2, 0.25) is 0 Å². The topological polar surface area (TPSA) is 23.5 Å². The van der Waals surface area contributed by atoms with Crippen LogP contribution in [0.4, 0.5) is 4.39 Å². The Labute approximate surface area is 157 Å². The van der Waals surface area contributed by atoms with Gasteiger partial charge in [-0.05, 0) is 62.7 Å². The summed E-state index contributed by atoms with van der Waals surface area (Å²) in [6.07, 6.45) is 3.43. The van der Waals surface area contributed by atoms with Gasteiger partial charge in [-0.25, -0.2) is 4.39 Å². The van der Waals surface area contributed by atoms with Crippen molar-refractivity contribution in [3.05, 3.63) is 77.1 Å². The molecule has 2 nitrogen and oxygen atoms in total. The van der Waals surface area contributed by atoms with Crippen LogP contribution in [0, 0.1) is 11.7 Å². The van der Waals surface area contributed by atoms with E-state index in [0.717, 1.165) is 24.1 Å². The normalized spacial score (nSPS) is 15.7. The number of aryl methyl sites for hydroxylation is 1. The van der Waals surface area contributed by atoms with Crippen molar-refractivity contribution in [2.75, 3.05) is 20.6 Å². The first-order chi connectivity index (χ1) is 12.3.